The summed E-state index contributed by atoms with van der Waals surface area (Å²) >= 11 is 0. The summed E-state index contributed by atoms with van der Waals surface area (Å²) in [6.45, 7) is 5.40. The Labute approximate surface area is 200 Å². The molecule has 3 rings (SSSR count). The molecule has 1 N–H and O–H groups in total. The van der Waals surface area contributed by atoms with E-state index in [4.69, 9.17) is 9.15 Å². The Morgan fingerprint density at radius 3 is 2.50 bits per heavy atom. The fourth-order valence-electron chi connectivity index (χ4n) is 3.04. The molecule has 0 radical (unpaired) electrons. The maximum Gasteiger partial charge on any atom is 0.417 e. The van der Waals surface area contributed by atoms with Crippen LogP contribution >= 0.6 is 24.0 Å². The molecular formula is C20H25F3IN5O3. The molecule has 1 aliphatic rings. The number of rotatable bonds is 6. The van der Waals surface area contributed by atoms with Gasteiger partial charge in [0.2, 0.25) is 5.88 Å². The number of alkyl halides is 3. The van der Waals surface area contributed by atoms with Crippen molar-refractivity contribution in [2.24, 2.45) is 4.99 Å². The molecule has 3 heterocycles. The van der Waals surface area contributed by atoms with E-state index in [1.807, 2.05) is 11.8 Å². The number of furan rings is 1. The van der Waals surface area contributed by atoms with Crippen molar-refractivity contribution in [1.82, 2.24) is 20.1 Å². The summed E-state index contributed by atoms with van der Waals surface area (Å²) in [5, 5.41) is 3.20. The van der Waals surface area contributed by atoms with Crippen LogP contribution < -0.4 is 10.1 Å². The number of ether oxygens (including phenoxy) is 1. The Morgan fingerprint density at radius 2 is 1.94 bits per heavy atom. The van der Waals surface area contributed by atoms with Crippen LogP contribution in [0.25, 0.3) is 0 Å². The van der Waals surface area contributed by atoms with E-state index in [9.17, 15) is 18.0 Å². The first kappa shape index (κ1) is 25.7. The van der Waals surface area contributed by atoms with Crippen molar-refractivity contribution in [3.63, 3.8) is 0 Å². The predicted octanol–water partition coefficient (Wildman–Crippen LogP) is 3.11. The summed E-state index contributed by atoms with van der Waals surface area (Å²) in [4.78, 5) is 24.3. The van der Waals surface area contributed by atoms with Gasteiger partial charge >= 0.3 is 6.18 Å². The highest BCUT2D eigenvalue weighted by molar-refractivity contribution is 14.0. The van der Waals surface area contributed by atoms with Gasteiger partial charge in [0.1, 0.15) is 6.61 Å². The van der Waals surface area contributed by atoms with Gasteiger partial charge in [0.05, 0.1) is 18.4 Å². The van der Waals surface area contributed by atoms with Crippen LogP contribution in [0.15, 0.2) is 46.1 Å². The number of amides is 1. The lowest BCUT2D eigenvalue weighted by Gasteiger charge is -2.36. The molecule has 32 heavy (non-hydrogen) atoms. The molecule has 1 saturated heterocycles. The summed E-state index contributed by atoms with van der Waals surface area (Å²) in [6.07, 6.45) is -2.21. The summed E-state index contributed by atoms with van der Waals surface area (Å²) in [5.74, 6) is 0.988. The molecule has 1 amide bonds. The molecule has 1 fully saturated rings. The van der Waals surface area contributed by atoms with Gasteiger partial charge in [0.15, 0.2) is 11.7 Å². The minimum Gasteiger partial charge on any atom is -0.476 e. The monoisotopic (exact) mass is 567 g/mol. The minimum absolute atomic E-state index is 0. The smallest absolute Gasteiger partial charge is 0.417 e. The van der Waals surface area contributed by atoms with Gasteiger partial charge in [-0.3, -0.25) is 4.79 Å². The molecule has 0 spiro atoms. The van der Waals surface area contributed by atoms with Crippen LogP contribution in [-0.2, 0) is 6.18 Å². The van der Waals surface area contributed by atoms with Crippen LogP contribution in [0.4, 0.5) is 13.2 Å². The Morgan fingerprint density at radius 1 is 1.22 bits per heavy atom. The molecule has 0 aliphatic carbocycles. The number of carbonyl (C=O) groups excluding carboxylic acids is 1. The summed E-state index contributed by atoms with van der Waals surface area (Å²) in [7, 11) is 0. The maximum atomic E-state index is 12.6. The van der Waals surface area contributed by atoms with Gasteiger partial charge in [-0.1, -0.05) is 0 Å². The van der Waals surface area contributed by atoms with Crippen molar-refractivity contribution in [1.29, 1.82) is 0 Å². The van der Waals surface area contributed by atoms with E-state index >= 15 is 0 Å². The number of nitrogens with zero attached hydrogens (tertiary/aromatic N) is 4. The van der Waals surface area contributed by atoms with Crippen LogP contribution in [0.5, 0.6) is 5.88 Å². The number of halogens is 4. The van der Waals surface area contributed by atoms with E-state index in [-0.39, 0.29) is 42.4 Å². The van der Waals surface area contributed by atoms with Gasteiger partial charge < -0.3 is 24.3 Å². The second kappa shape index (κ2) is 11.9. The van der Waals surface area contributed by atoms with Crippen LogP contribution in [0.1, 0.15) is 23.0 Å². The molecular weight excluding hydrogens is 542 g/mol. The standard InChI is InChI=1S/C20H24F3N5O3.HI/c1-2-24-19(25-7-13-31-17-6-5-15(14-26-17)20(21,22)23)28-10-8-27(9-11-28)18(29)16-4-3-12-30-16;/h3-6,12,14H,2,7-11,13H2,1H3,(H,24,25);1H. The molecule has 12 heteroatoms. The summed E-state index contributed by atoms with van der Waals surface area (Å²) in [5.41, 5.74) is -0.822. The van der Waals surface area contributed by atoms with Crippen LogP contribution in [0, 0.1) is 0 Å². The van der Waals surface area contributed by atoms with E-state index < -0.39 is 11.7 Å². The Kier molecular flexibility index (Phi) is 9.60. The van der Waals surface area contributed by atoms with E-state index in [1.54, 1.807) is 17.0 Å². The zero-order valence-electron chi connectivity index (χ0n) is 17.5. The average Bonchev–Trinajstić information content (AvgIpc) is 3.30. The minimum atomic E-state index is -4.43. The second-order valence-corrected chi connectivity index (χ2v) is 6.72. The molecule has 0 unspecified atom stereocenters. The van der Waals surface area contributed by atoms with Gasteiger partial charge in [-0.05, 0) is 25.1 Å². The third kappa shape index (κ3) is 7.00. The molecule has 2 aromatic rings. The first-order valence-electron chi connectivity index (χ1n) is 9.90. The molecule has 176 valence electrons. The lowest BCUT2D eigenvalue weighted by molar-refractivity contribution is -0.137. The number of guanidine groups is 1. The van der Waals surface area contributed by atoms with Gasteiger partial charge in [-0.2, -0.15) is 13.2 Å². The quantitative estimate of drug-likeness (QED) is 0.250. The summed E-state index contributed by atoms with van der Waals surface area (Å²) in [6, 6.07) is 5.44. The van der Waals surface area contributed by atoms with E-state index in [0.717, 1.165) is 12.3 Å². The Bertz CT molecular complexity index is 868. The molecule has 0 bridgehead atoms. The average molecular weight is 567 g/mol. The lowest BCUT2D eigenvalue weighted by Crippen LogP contribution is -2.53. The Hall–Kier alpha value is -2.51. The molecule has 0 aromatic carbocycles. The summed E-state index contributed by atoms with van der Waals surface area (Å²) < 4.78 is 48.3. The van der Waals surface area contributed by atoms with Gasteiger partial charge in [0, 0.05) is 45.0 Å². The van der Waals surface area contributed by atoms with E-state index in [1.165, 1.54) is 12.3 Å². The van der Waals surface area contributed by atoms with Crippen molar-refractivity contribution in [3.05, 3.63) is 48.0 Å². The third-order valence-corrected chi connectivity index (χ3v) is 4.60. The number of piperazine rings is 1. The fraction of sp³-hybridized carbons (Fsp3) is 0.450. The zero-order valence-corrected chi connectivity index (χ0v) is 19.8. The van der Waals surface area contributed by atoms with Crippen molar-refractivity contribution in [3.8, 4) is 5.88 Å². The normalized spacial score (nSPS) is 14.7. The van der Waals surface area contributed by atoms with Gasteiger partial charge in [-0.15, -0.1) is 24.0 Å². The highest BCUT2D eigenvalue weighted by atomic mass is 127. The molecule has 8 nitrogen and oxygen atoms in total. The van der Waals surface area contributed by atoms with Gasteiger partial charge in [-0.25, -0.2) is 9.98 Å². The van der Waals surface area contributed by atoms with Crippen molar-refractivity contribution < 1.29 is 27.1 Å². The number of nitrogens with one attached hydrogen (secondary N) is 1. The largest absolute Gasteiger partial charge is 0.476 e. The SMILES string of the molecule is CCNC(=NCCOc1ccc(C(F)(F)F)cn1)N1CCN(C(=O)c2ccco2)CC1.I. The van der Waals surface area contributed by atoms with Crippen molar-refractivity contribution in [2.75, 3.05) is 45.9 Å². The predicted molar refractivity (Wildman–Crippen MR) is 122 cm³/mol. The highest BCUT2D eigenvalue weighted by Crippen LogP contribution is 2.29. The van der Waals surface area contributed by atoms with E-state index in [2.05, 4.69) is 15.3 Å². The topological polar surface area (TPSA) is 83.2 Å². The van der Waals surface area contributed by atoms with Crippen molar-refractivity contribution >= 4 is 35.8 Å². The first-order chi connectivity index (χ1) is 14.9. The first-order valence-corrected chi connectivity index (χ1v) is 9.90. The molecule has 0 atom stereocenters. The lowest BCUT2D eigenvalue weighted by atomic mass is 10.3. The maximum absolute atomic E-state index is 12.6. The van der Waals surface area contributed by atoms with Crippen LogP contribution in [0.3, 0.4) is 0 Å². The Balaban J connectivity index is 0.00000363. The zero-order chi connectivity index (χ0) is 22.3. The molecule has 0 saturated carbocycles. The van der Waals surface area contributed by atoms with Gasteiger partial charge in [0.25, 0.3) is 5.91 Å². The number of carbonyl (C=O) groups is 1. The van der Waals surface area contributed by atoms with E-state index in [0.29, 0.717) is 51.0 Å². The number of hydrogen-bond acceptors (Lipinski definition) is 5. The third-order valence-electron chi connectivity index (χ3n) is 4.60. The van der Waals surface area contributed by atoms with Crippen LogP contribution in [-0.4, -0.2) is 72.5 Å². The molecule has 1 aliphatic heterocycles. The molecule has 2 aromatic heterocycles. The number of aromatic nitrogens is 1. The second-order valence-electron chi connectivity index (χ2n) is 6.72. The van der Waals surface area contributed by atoms with Crippen LogP contribution in [0.2, 0.25) is 0 Å². The number of aliphatic imine (C=N–C) groups is 1. The van der Waals surface area contributed by atoms with Crippen molar-refractivity contribution in [2.45, 2.75) is 13.1 Å². The fourth-order valence-corrected chi connectivity index (χ4v) is 3.04. The highest BCUT2D eigenvalue weighted by Gasteiger charge is 2.30. The number of hydrogen-bond donors (Lipinski definition) is 1. The number of pyridine rings is 1.